The van der Waals surface area contributed by atoms with Crippen LogP contribution in [0.15, 0.2) is 22.7 Å². The third-order valence-electron chi connectivity index (χ3n) is 3.65. The molecule has 6 heteroatoms. The number of carbonyl (C=O) groups is 2. The Morgan fingerprint density at radius 3 is 2.24 bits per heavy atom. The lowest BCUT2D eigenvalue weighted by Gasteiger charge is -2.36. The molecular weight excluding hydrogens is 334 g/mol. The fraction of sp³-hybridized carbons (Fsp3) is 0.467. The Morgan fingerprint density at radius 2 is 1.67 bits per heavy atom. The summed E-state index contributed by atoms with van der Waals surface area (Å²) < 4.78 is 0.901. The van der Waals surface area contributed by atoms with E-state index in [4.69, 9.17) is 0 Å². The monoisotopic (exact) mass is 353 g/mol. The number of aryl methyl sites for hydroxylation is 1. The average Bonchev–Trinajstić information content (AvgIpc) is 2.48. The molecule has 1 heterocycles. The van der Waals surface area contributed by atoms with E-state index in [9.17, 15) is 9.59 Å². The SMILES string of the molecule is Cc1ccc(Br)cc1C(=O)N1CCN(C(=O)N(C)C)CC1. The summed E-state index contributed by atoms with van der Waals surface area (Å²) in [6.07, 6.45) is 0. The van der Waals surface area contributed by atoms with Crippen LogP contribution < -0.4 is 0 Å². The molecule has 1 saturated heterocycles. The third kappa shape index (κ3) is 3.56. The van der Waals surface area contributed by atoms with Crippen molar-refractivity contribution in [3.8, 4) is 0 Å². The quantitative estimate of drug-likeness (QED) is 0.776. The van der Waals surface area contributed by atoms with Gasteiger partial charge >= 0.3 is 6.03 Å². The molecule has 1 fully saturated rings. The fourth-order valence-corrected chi connectivity index (χ4v) is 2.74. The molecule has 0 saturated carbocycles. The van der Waals surface area contributed by atoms with Gasteiger partial charge < -0.3 is 14.7 Å². The van der Waals surface area contributed by atoms with Crippen molar-refractivity contribution in [2.24, 2.45) is 0 Å². The summed E-state index contributed by atoms with van der Waals surface area (Å²) in [5, 5.41) is 0. The van der Waals surface area contributed by atoms with E-state index in [0.717, 1.165) is 15.6 Å². The molecule has 1 aliphatic heterocycles. The van der Waals surface area contributed by atoms with Crippen molar-refractivity contribution in [3.63, 3.8) is 0 Å². The molecule has 0 atom stereocenters. The second kappa shape index (κ2) is 6.47. The van der Waals surface area contributed by atoms with Gasteiger partial charge in [0.25, 0.3) is 5.91 Å². The molecule has 5 nitrogen and oxygen atoms in total. The molecular formula is C15H20BrN3O2. The van der Waals surface area contributed by atoms with E-state index in [1.54, 1.807) is 23.9 Å². The Balaban J connectivity index is 2.03. The summed E-state index contributed by atoms with van der Waals surface area (Å²) in [4.78, 5) is 29.6. The van der Waals surface area contributed by atoms with Gasteiger partial charge in [0.15, 0.2) is 0 Å². The molecule has 0 radical (unpaired) electrons. The normalized spacial score (nSPS) is 15.0. The smallest absolute Gasteiger partial charge is 0.319 e. The molecule has 0 spiro atoms. The van der Waals surface area contributed by atoms with Crippen molar-refractivity contribution in [2.45, 2.75) is 6.92 Å². The summed E-state index contributed by atoms with van der Waals surface area (Å²) >= 11 is 3.40. The molecule has 1 aromatic rings. The van der Waals surface area contributed by atoms with Crippen molar-refractivity contribution < 1.29 is 9.59 Å². The van der Waals surface area contributed by atoms with Gasteiger partial charge in [0.2, 0.25) is 0 Å². The largest absolute Gasteiger partial charge is 0.335 e. The van der Waals surface area contributed by atoms with E-state index in [-0.39, 0.29) is 11.9 Å². The standard InChI is InChI=1S/C15H20BrN3O2/c1-11-4-5-12(16)10-13(11)14(20)18-6-8-19(9-7-18)15(21)17(2)3/h4-5,10H,6-9H2,1-3H3. The van der Waals surface area contributed by atoms with Crippen molar-refractivity contribution in [1.29, 1.82) is 0 Å². The number of carbonyl (C=O) groups excluding carboxylic acids is 2. The molecule has 1 aliphatic rings. The first-order chi connectivity index (χ1) is 9.90. The Hall–Kier alpha value is -1.56. The van der Waals surface area contributed by atoms with Crippen LogP contribution in [0.3, 0.4) is 0 Å². The molecule has 21 heavy (non-hydrogen) atoms. The third-order valence-corrected chi connectivity index (χ3v) is 4.14. The van der Waals surface area contributed by atoms with Gasteiger partial charge in [-0.25, -0.2) is 4.79 Å². The first-order valence-electron chi connectivity index (χ1n) is 6.92. The molecule has 1 aromatic carbocycles. The predicted octanol–water partition coefficient (Wildman–Crippen LogP) is 2.20. The Kier molecular flexibility index (Phi) is 4.88. The van der Waals surface area contributed by atoms with Crippen LogP contribution in [0.2, 0.25) is 0 Å². The number of hydrogen-bond acceptors (Lipinski definition) is 2. The fourth-order valence-electron chi connectivity index (χ4n) is 2.38. The minimum absolute atomic E-state index is 0.000681. The van der Waals surface area contributed by atoms with Gasteiger partial charge in [-0.05, 0) is 24.6 Å². The van der Waals surface area contributed by atoms with E-state index in [1.165, 1.54) is 0 Å². The zero-order valence-electron chi connectivity index (χ0n) is 12.6. The summed E-state index contributed by atoms with van der Waals surface area (Å²) in [6, 6.07) is 5.72. The maximum absolute atomic E-state index is 12.6. The number of hydrogen-bond donors (Lipinski definition) is 0. The van der Waals surface area contributed by atoms with Gasteiger partial charge in [0.05, 0.1) is 0 Å². The lowest BCUT2D eigenvalue weighted by atomic mass is 10.1. The van der Waals surface area contributed by atoms with Crippen LogP contribution in [0, 0.1) is 6.92 Å². The van der Waals surface area contributed by atoms with Gasteiger partial charge in [-0.2, -0.15) is 0 Å². The van der Waals surface area contributed by atoms with Crippen LogP contribution in [-0.2, 0) is 0 Å². The summed E-state index contributed by atoms with van der Waals surface area (Å²) in [7, 11) is 3.48. The van der Waals surface area contributed by atoms with Crippen LogP contribution in [-0.4, -0.2) is 66.9 Å². The van der Waals surface area contributed by atoms with E-state index in [2.05, 4.69) is 15.9 Å². The highest BCUT2D eigenvalue weighted by atomic mass is 79.9. The van der Waals surface area contributed by atoms with Crippen molar-refractivity contribution in [1.82, 2.24) is 14.7 Å². The van der Waals surface area contributed by atoms with Crippen LogP contribution in [0.5, 0.6) is 0 Å². The second-order valence-corrected chi connectivity index (χ2v) is 6.33. The van der Waals surface area contributed by atoms with Gasteiger partial charge in [-0.1, -0.05) is 22.0 Å². The zero-order chi connectivity index (χ0) is 15.6. The topological polar surface area (TPSA) is 43.9 Å². The number of halogens is 1. The minimum atomic E-state index is 0.000681. The van der Waals surface area contributed by atoms with Crippen LogP contribution in [0.1, 0.15) is 15.9 Å². The van der Waals surface area contributed by atoms with Gasteiger partial charge in [-0.15, -0.1) is 0 Å². The number of rotatable bonds is 1. The van der Waals surface area contributed by atoms with Gasteiger partial charge in [0, 0.05) is 50.3 Å². The Morgan fingerprint density at radius 1 is 1.10 bits per heavy atom. The number of piperazine rings is 1. The van der Waals surface area contributed by atoms with Crippen LogP contribution in [0.4, 0.5) is 4.79 Å². The summed E-state index contributed by atoms with van der Waals surface area (Å²) in [5.74, 6) is 0.0331. The number of amides is 3. The van der Waals surface area contributed by atoms with Crippen molar-refractivity contribution in [2.75, 3.05) is 40.3 Å². The van der Waals surface area contributed by atoms with E-state index in [1.807, 2.05) is 30.0 Å². The highest BCUT2D eigenvalue weighted by molar-refractivity contribution is 9.10. The zero-order valence-corrected chi connectivity index (χ0v) is 14.2. The maximum Gasteiger partial charge on any atom is 0.319 e. The Bertz CT molecular complexity index is 552. The molecule has 0 bridgehead atoms. The molecule has 0 aliphatic carbocycles. The highest BCUT2D eigenvalue weighted by Crippen LogP contribution is 2.18. The van der Waals surface area contributed by atoms with Gasteiger partial charge in [-0.3, -0.25) is 4.79 Å². The number of nitrogens with zero attached hydrogens (tertiary/aromatic N) is 3. The second-order valence-electron chi connectivity index (χ2n) is 5.42. The number of urea groups is 1. The van der Waals surface area contributed by atoms with E-state index >= 15 is 0 Å². The maximum atomic E-state index is 12.6. The predicted molar refractivity (Wildman–Crippen MR) is 85.4 cm³/mol. The first-order valence-corrected chi connectivity index (χ1v) is 7.71. The molecule has 3 amide bonds. The average molecular weight is 354 g/mol. The first kappa shape index (κ1) is 15.8. The van der Waals surface area contributed by atoms with Crippen molar-refractivity contribution >= 4 is 27.9 Å². The van der Waals surface area contributed by atoms with Crippen LogP contribution >= 0.6 is 15.9 Å². The van der Waals surface area contributed by atoms with Crippen molar-refractivity contribution in [3.05, 3.63) is 33.8 Å². The highest BCUT2D eigenvalue weighted by Gasteiger charge is 2.26. The molecule has 0 aromatic heterocycles. The molecule has 0 unspecified atom stereocenters. The number of benzene rings is 1. The van der Waals surface area contributed by atoms with Gasteiger partial charge in [0.1, 0.15) is 0 Å². The van der Waals surface area contributed by atoms with Crippen LogP contribution in [0.25, 0.3) is 0 Å². The summed E-state index contributed by atoms with van der Waals surface area (Å²) in [6.45, 7) is 4.24. The Labute approximate surface area is 133 Å². The minimum Gasteiger partial charge on any atom is -0.335 e. The lowest BCUT2D eigenvalue weighted by molar-refractivity contribution is 0.0649. The molecule has 2 rings (SSSR count). The lowest BCUT2D eigenvalue weighted by Crippen LogP contribution is -2.52. The summed E-state index contributed by atoms with van der Waals surface area (Å²) in [5.41, 5.74) is 1.69. The van der Waals surface area contributed by atoms with E-state index < -0.39 is 0 Å². The van der Waals surface area contributed by atoms with E-state index in [0.29, 0.717) is 26.2 Å². The molecule has 114 valence electrons. The molecule has 0 N–H and O–H groups in total.